The number of carbonyl (C=O) groups excluding carboxylic acids is 1. The van der Waals surface area contributed by atoms with Crippen molar-refractivity contribution in [1.82, 2.24) is 0 Å². The Bertz CT molecular complexity index is 457. The average Bonchev–Trinajstić information content (AvgIpc) is 2.38. The van der Waals surface area contributed by atoms with Gasteiger partial charge in [-0.1, -0.05) is 31.4 Å². The molecular formula is C15H18O3. The molecule has 0 spiro atoms. The van der Waals surface area contributed by atoms with Crippen LogP contribution in [0.15, 0.2) is 36.4 Å². The van der Waals surface area contributed by atoms with Gasteiger partial charge < -0.3 is 10.2 Å². The van der Waals surface area contributed by atoms with E-state index in [2.05, 4.69) is 0 Å². The zero-order chi connectivity index (χ0) is 13.0. The van der Waals surface area contributed by atoms with E-state index in [0.717, 1.165) is 19.3 Å². The highest BCUT2D eigenvalue weighted by molar-refractivity contribution is 6.06. The van der Waals surface area contributed by atoms with Crippen molar-refractivity contribution in [2.24, 2.45) is 0 Å². The summed E-state index contributed by atoms with van der Waals surface area (Å²) >= 11 is 0. The maximum absolute atomic E-state index is 11.9. The van der Waals surface area contributed by atoms with Crippen LogP contribution < -0.4 is 0 Å². The summed E-state index contributed by atoms with van der Waals surface area (Å²) in [6, 6.07) is 6.43. The van der Waals surface area contributed by atoms with Crippen LogP contribution in [0.1, 0.15) is 42.5 Å². The summed E-state index contributed by atoms with van der Waals surface area (Å²) in [6.07, 6.45) is 7.50. The summed E-state index contributed by atoms with van der Waals surface area (Å²) in [5, 5.41) is 19.8. The smallest absolute Gasteiger partial charge is 0.189 e. The largest absolute Gasteiger partial charge is 0.507 e. The summed E-state index contributed by atoms with van der Waals surface area (Å²) < 4.78 is 0. The number of phenols is 1. The molecule has 0 saturated heterocycles. The van der Waals surface area contributed by atoms with Gasteiger partial charge in [0.2, 0.25) is 0 Å². The van der Waals surface area contributed by atoms with Gasteiger partial charge in [0.05, 0.1) is 11.2 Å². The molecule has 1 aromatic carbocycles. The zero-order valence-corrected chi connectivity index (χ0v) is 10.3. The molecule has 0 radical (unpaired) electrons. The van der Waals surface area contributed by atoms with Crippen LogP contribution >= 0.6 is 0 Å². The van der Waals surface area contributed by atoms with E-state index in [1.165, 1.54) is 12.1 Å². The number of rotatable bonds is 3. The Hall–Kier alpha value is -1.61. The van der Waals surface area contributed by atoms with Gasteiger partial charge in [-0.3, -0.25) is 4.79 Å². The first kappa shape index (κ1) is 12.8. The van der Waals surface area contributed by atoms with Gasteiger partial charge in [0, 0.05) is 0 Å². The molecule has 0 aliphatic heterocycles. The quantitative estimate of drug-likeness (QED) is 0.637. The third-order valence-corrected chi connectivity index (χ3v) is 3.43. The maximum Gasteiger partial charge on any atom is 0.189 e. The molecule has 0 bridgehead atoms. The Balaban J connectivity index is 2.09. The van der Waals surface area contributed by atoms with E-state index >= 15 is 0 Å². The van der Waals surface area contributed by atoms with Crippen molar-refractivity contribution >= 4 is 5.78 Å². The SMILES string of the molecule is O=C(/C=C/C1(O)CCCCC1)c1ccccc1O. The standard InChI is InChI=1S/C15H18O3/c16-13-7-3-2-6-12(13)14(17)8-11-15(18)9-4-1-5-10-15/h2-3,6-8,11,16,18H,1,4-5,9-10H2/b11-8+. The molecule has 3 nitrogen and oxygen atoms in total. The minimum Gasteiger partial charge on any atom is -0.507 e. The second kappa shape index (κ2) is 5.36. The lowest BCUT2D eigenvalue weighted by Gasteiger charge is -2.28. The molecule has 0 amide bonds. The van der Waals surface area contributed by atoms with E-state index in [9.17, 15) is 15.0 Å². The van der Waals surface area contributed by atoms with Crippen LogP contribution in [0.2, 0.25) is 0 Å². The molecule has 1 aliphatic rings. The van der Waals surface area contributed by atoms with Gasteiger partial charge in [-0.05, 0) is 37.1 Å². The lowest BCUT2D eigenvalue weighted by molar-refractivity contribution is 0.0508. The number of ketones is 1. The molecule has 1 saturated carbocycles. The monoisotopic (exact) mass is 246 g/mol. The van der Waals surface area contributed by atoms with Crippen molar-refractivity contribution < 1.29 is 15.0 Å². The lowest BCUT2D eigenvalue weighted by Crippen LogP contribution is -2.28. The Morgan fingerprint density at radius 2 is 1.83 bits per heavy atom. The van der Waals surface area contributed by atoms with Gasteiger partial charge in [-0.2, -0.15) is 0 Å². The topological polar surface area (TPSA) is 57.5 Å². The molecule has 1 aliphatic carbocycles. The highest BCUT2D eigenvalue weighted by Gasteiger charge is 2.26. The maximum atomic E-state index is 11.9. The van der Waals surface area contributed by atoms with Gasteiger partial charge in [-0.25, -0.2) is 0 Å². The molecule has 0 atom stereocenters. The zero-order valence-electron chi connectivity index (χ0n) is 10.3. The van der Waals surface area contributed by atoms with Gasteiger partial charge in [0.1, 0.15) is 5.75 Å². The highest BCUT2D eigenvalue weighted by atomic mass is 16.3. The molecule has 1 aromatic rings. The molecular weight excluding hydrogens is 228 g/mol. The second-order valence-corrected chi connectivity index (χ2v) is 4.88. The third kappa shape index (κ3) is 2.99. The first-order valence-electron chi connectivity index (χ1n) is 6.35. The number of carbonyl (C=O) groups is 1. The van der Waals surface area contributed by atoms with E-state index in [4.69, 9.17) is 0 Å². The van der Waals surface area contributed by atoms with Crippen LogP contribution in [0.3, 0.4) is 0 Å². The number of phenolic OH excluding ortho intramolecular Hbond substituents is 1. The molecule has 0 heterocycles. The van der Waals surface area contributed by atoms with E-state index in [1.807, 2.05) is 0 Å². The lowest BCUT2D eigenvalue weighted by atomic mass is 9.84. The number of allylic oxidation sites excluding steroid dienone is 1. The number of aromatic hydroxyl groups is 1. The average molecular weight is 246 g/mol. The molecule has 2 N–H and O–H groups in total. The van der Waals surface area contributed by atoms with Crippen LogP contribution in [-0.4, -0.2) is 21.6 Å². The van der Waals surface area contributed by atoms with Crippen LogP contribution in [0.25, 0.3) is 0 Å². The predicted octanol–water partition coefficient (Wildman–Crippen LogP) is 2.83. The predicted molar refractivity (Wildman–Crippen MR) is 69.6 cm³/mol. The minimum atomic E-state index is -0.849. The first-order chi connectivity index (χ1) is 8.61. The normalized spacial score (nSPS) is 18.9. The van der Waals surface area contributed by atoms with Gasteiger partial charge >= 0.3 is 0 Å². The Morgan fingerprint density at radius 1 is 1.17 bits per heavy atom. The number of benzene rings is 1. The molecule has 18 heavy (non-hydrogen) atoms. The van der Waals surface area contributed by atoms with Crippen molar-refractivity contribution in [3.63, 3.8) is 0 Å². The fourth-order valence-corrected chi connectivity index (χ4v) is 2.33. The number of hydrogen-bond donors (Lipinski definition) is 2. The van der Waals surface area contributed by atoms with E-state index in [0.29, 0.717) is 12.8 Å². The molecule has 0 unspecified atom stereocenters. The third-order valence-electron chi connectivity index (χ3n) is 3.43. The van der Waals surface area contributed by atoms with Crippen molar-refractivity contribution in [2.75, 3.05) is 0 Å². The summed E-state index contributed by atoms with van der Waals surface area (Å²) in [5.74, 6) is -0.296. The highest BCUT2D eigenvalue weighted by Crippen LogP contribution is 2.29. The van der Waals surface area contributed by atoms with E-state index in [-0.39, 0.29) is 17.1 Å². The van der Waals surface area contributed by atoms with E-state index in [1.54, 1.807) is 24.3 Å². The van der Waals surface area contributed by atoms with Crippen LogP contribution in [-0.2, 0) is 0 Å². The second-order valence-electron chi connectivity index (χ2n) is 4.88. The minimum absolute atomic E-state index is 0.0252. The molecule has 2 rings (SSSR count). The Kier molecular flexibility index (Phi) is 3.82. The molecule has 0 aromatic heterocycles. The Morgan fingerprint density at radius 3 is 2.50 bits per heavy atom. The van der Waals surface area contributed by atoms with Gasteiger partial charge in [0.25, 0.3) is 0 Å². The summed E-state index contributed by atoms with van der Waals surface area (Å²) in [4.78, 5) is 11.9. The summed E-state index contributed by atoms with van der Waals surface area (Å²) in [7, 11) is 0. The number of aliphatic hydroxyl groups is 1. The first-order valence-corrected chi connectivity index (χ1v) is 6.35. The van der Waals surface area contributed by atoms with E-state index < -0.39 is 5.60 Å². The Labute approximate surface area is 107 Å². The van der Waals surface area contributed by atoms with Gasteiger partial charge in [0.15, 0.2) is 5.78 Å². The van der Waals surface area contributed by atoms with Crippen LogP contribution in [0.4, 0.5) is 0 Å². The van der Waals surface area contributed by atoms with Crippen LogP contribution in [0, 0.1) is 0 Å². The fraction of sp³-hybridized carbons (Fsp3) is 0.400. The fourth-order valence-electron chi connectivity index (χ4n) is 2.33. The molecule has 3 heteroatoms. The molecule has 96 valence electrons. The molecule has 1 fully saturated rings. The summed E-state index contributed by atoms with van der Waals surface area (Å²) in [5.41, 5.74) is -0.577. The summed E-state index contributed by atoms with van der Waals surface area (Å²) in [6.45, 7) is 0. The number of hydrogen-bond acceptors (Lipinski definition) is 3. The van der Waals surface area contributed by atoms with Gasteiger partial charge in [-0.15, -0.1) is 0 Å². The van der Waals surface area contributed by atoms with Crippen molar-refractivity contribution in [1.29, 1.82) is 0 Å². The van der Waals surface area contributed by atoms with Crippen molar-refractivity contribution in [3.8, 4) is 5.75 Å². The van der Waals surface area contributed by atoms with Crippen LogP contribution in [0.5, 0.6) is 5.75 Å². The van der Waals surface area contributed by atoms with Crippen molar-refractivity contribution in [2.45, 2.75) is 37.7 Å². The van der Waals surface area contributed by atoms with Crippen molar-refractivity contribution in [3.05, 3.63) is 42.0 Å². The number of para-hydroxylation sites is 1.